The molecule has 3 fully saturated rings. The number of carbonyl (C=O) groups excluding carboxylic acids is 3. The van der Waals surface area contributed by atoms with Crippen molar-refractivity contribution in [1.82, 2.24) is 15.2 Å². The Kier molecular flexibility index (Phi) is 6.91. The fraction of sp³-hybridized carbons (Fsp3) is 0.680. The lowest BCUT2D eigenvalue weighted by atomic mass is 9.85. The van der Waals surface area contributed by atoms with E-state index in [2.05, 4.69) is 10.3 Å². The highest BCUT2D eigenvalue weighted by Gasteiger charge is 2.66. The number of amides is 2. The molecule has 1 aromatic rings. The zero-order chi connectivity index (χ0) is 23.6. The molecule has 3 N–H and O–H groups in total. The lowest BCUT2D eigenvalue weighted by molar-refractivity contribution is -0.164. The summed E-state index contributed by atoms with van der Waals surface area (Å²) in [5.74, 6) is 0.209. The van der Waals surface area contributed by atoms with Crippen molar-refractivity contribution in [3.05, 3.63) is 23.4 Å². The summed E-state index contributed by atoms with van der Waals surface area (Å²) in [4.78, 5) is 44.9. The third-order valence-electron chi connectivity index (χ3n) is 7.66. The van der Waals surface area contributed by atoms with Crippen LogP contribution in [0.25, 0.3) is 0 Å². The molecule has 4 rings (SSSR count). The molecule has 1 aliphatic heterocycles. The highest BCUT2D eigenvalue weighted by atomic mass is 16.5. The van der Waals surface area contributed by atoms with Crippen LogP contribution < -0.4 is 11.1 Å². The van der Waals surface area contributed by atoms with Crippen LogP contribution in [-0.2, 0) is 25.7 Å². The van der Waals surface area contributed by atoms with E-state index in [1.54, 1.807) is 11.0 Å². The Balaban J connectivity index is 1.48. The molecule has 1 aromatic heterocycles. The minimum absolute atomic E-state index is 0.129. The predicted molar refractivity (Wildman–Crippen MR) is 124 cm³/mol. The van der Waals surface area contributed by atoms with Crippen LogP contribution in [0.1, 0.15) is 76.0 Å². The van der Waals surface area contributed by atoms with Crippen molar-refractivity contribution in [2.75, 3.05) is 12.3 Å². The van der Waals surface area contributed by atoms with Gasteiger partial charge in [0.25, 0.3) is 5.91 Å². The molecule has 0 aromatic carbocycles. The van der Waals surface area contributed by atoms with Crippen molar-refractivity contribution in [1.29, 1.82) is 0 Å². The van der Waals surface area contributed by atoms with E-state index in [4.69, 9.17) is 10.5 Å². The van der Waals surface area contributed by atoms with Gasteiger partial charge in [-0.15, -0.1) is 0 Å². The van der Waals surface area contributed by atoms with E-state index in [0.717, 1.165) is 49.8 Å². The van der Waals surface area contributed by atoms with Gasteiger partial charge in [0, 0.05) is 25.7 Å². The van der Waals surface area contributed by atoms with Gasteiger partial charge in [-0.25, -0.2) is 4.98 Å². The molecule has 33 heavy (non-hydrogen) atoms. The van der Waals surface area contributed by atoms with Crippen LogP contribution in [0.2, 0.25) is 0 Å². The first-order valence-corrected chi connectivity index (χ1v) is 12.3. The second-order valence-corrected chi connectivity index (χ2v) is 9.96. The number of nitrogens with one attached hydrogen (secondary N) is 1. The van der Waals surface area contributed by atoms with Gasteiger partial charge in [-0.1, -0.05) is 38.2 Å². The monoisotopic (exact) mass is 456 g/mol. The summed E-state index contributed by atoms with van der Waals surface area (Å²) in [5, 5.41) is 3.04. The van der Waals surface area contributed by atoms with E-state index in [1.807, 2.05) is 13.0 Å². The molecule has 3 atom stereocenters. The van der Waals surface area contributed by atoms with Gasteiger partial charge >= 0.3 is 5.97 Å². The number of ether oxygens (including phenoxy) is 1. The Morgan fingerprint density at radius 3 is 2.67 bits per heavy atom. The van der Waals surface area contributed by atoms with Crippen molar-refractivity contribution >= 4 is 23.6 Å². The first-order valence-electron chi connectivity index (χ1n) is 12.3. The van der Waals surface area contributed by atoms with Crippen molar-refractivity contribution < 1.29 is 19.1 Å². The summed E-state index contributed by atoms with van der Waals surface area (Å²) >= 11 is 0. The number of anilines is 1. The maximum atomic E-state index is 13.7. The normalized spacial score (nSPS) is 25.6. The number of esters is 1. The van der Waals surface area contributed by atoms with E-state index in [0.29, 0.717) is 37.7 Å². The molecular formula is C25H36N4O4. The minimum Gasteiger partial charge on any atom is -0.452 e. The Morgan fingerprint density at radius 1 is 1.21 bits per heavy atom. The molecule has 8 nitrogen and oxygen atoms in total. The van der Waals surface area contributed by atoms with Crippen molar-refractivity contribution in [3.63, 3.8) is 0 Å². The number of pyridine rings is 1. The number of nitrogens with two attached hydrogens (primary N) is 1. The number of aryl methyl sites for hydroxylation is 1. The first kappa shape index (κ1) is 23.5. The molecule has 2 amide bonds. The molecule has 2 heterocycles. The molecule has 0 unspecified atom stereocenters. The second-order valence-electron chi connectivity index (χ2n) is 9.96. The van der Waals surface area contributed by atoms with Gasteiger partial charge in [0.15, 0.2) is 6.10 Å². The molecule has 8 heteroatoms. The van der Waals surface area contributed by atoms with Crippen LogP contribution in [0.15, 0.2) is 12.1 Å². The summed E-state index contributed by atoms with van der Waals surface area (Å²) < 4.78 is 5.53. The number of piperidine rings is 1. The van der Waals surface area contributed by atoms with Crippen LogP contribution >= 0.6 is 0 Å². The molecule has 180 valence electrons. The number of carbonyl (C=O) groups is 3. The Bertz CT molecular complexity index is 914. The Hall–Kier alpha value is -2.64. The molecule has 2 aliphatic carbocycles. The van der Waals surface area contributed by atoms with Crippen LogP contribution in [0, 0.1) is 18.8 Å². The molecule has 1 saturated heterocycles. The zero-order valence-electron chi connectivity index (χ0n) is 19.8. The molecule has 2 saturated carbocycles. The molecule has 0 radical (unpaired) electrons. The van der Waals surface area contributed by atoms with Gasteiger partial charge in [-0.2, -0.15) is 0 Å². The first-order chi connectivity index (χ1) is 15.8. The molecular weight excluding hydrogens is 420 g/mol. The number of rotatable bonds is 7. The zero-order valence-corrected chi connectivity index (χ0v) is 19.8. The Morgan fingerprint density at radius 2 is 1.97 bits per heavy atom. The van der Waals surface area contributed by atoms with Crippen molar-refractivity contribution in [2.24, 2.45) is 11.8 Å². The van der Waals surface area contributed by atoms with E-state index in [-0.39, 0.29) is 17.7 Å². The van der Waals surface area contributed by atoms with Gasteiger partial charge in [-0.05, 0) is 56.1 Å². The fourth-order valence-corrected chi connectivity index (χ4v) is 5.81. The van der Waals surface area contributed by atoms with Crippen molar-refractivity contribution in [2.45, 2.75) is 89.8 Å². The average molecular weight is 457 g/mol. The molecule has 3 aliphatic rings. The number of nitrogen functional groups attached to an aromatic ring is 1. The maximum absolute atomic E-state index is 13.7. The number of hydrogen-bond donors (Lipinski definition) is 2. The van der Waals surface area contributed by atoms with Crippen LogP contribution in [-0.4, -0.2) is 45.9 Å². The molecule has 0 bridgehead atoms. The van der Waals surface area contributed by atoms with Gasteiger partial charge < -0.3 is 20.7 Å². The van der Waals surface area contributed by atoms with Crippen molar-refractivity contribution in [3.8, 4) is 0 Å². The summed E-state index contributed by atoms with van der Waals surface area (Å²) in [6, 6.07) is 3.59. The number of hydrogen-bond acceptors (Lipinski definition) is 6. The third-order valence-corrected chi connectivity index (χ3v) is 7.66. The lowest BCUT2D eigenvalue weighted by Gasteiger charge is -2.38. The highest BCUT2D eigenvalue weighted by Crippen LogP contribution is 2.54. The summed E-state index contributed by atoms with van der Waals surface area (Å²) in [5.41, 5.74) is 6.58. The minimum atomic E-state index is -0.824. The summed E-state index contributed by atoms with van der Waals surface area (Å²) in [6.45, 7) is 4.07. The summed E-state index contributed by atoms with van der Waals surface area (Å²) in [6.07, 6.45) is 7.87. The number of likely N-dealkylation sites (tertiary alicyclic amines) is 1. The number of fused-ring (bicyclic) bond motifs is 1. The highest BCUT2D eigenvalue weighted by molar-refractivity contribution is 5.96. The van der Waals surface area contributed by atoms with Gasteiger partial charge in [0.1, 0.15) is 11.4 Å². The van der Waals surface area contributed by atoms with E-state index in [1.165, 1.54) is 13.3 Å². The summed E-state index contributed by atoms with van der Waals surface area (Å²) in [7, 11) is 0. The van der Waals surface area contributed by atoms with Crippen LogP contribution in [0.3, 0.4) is 0 Å². The van der Waals surface area contributed by atoms with Gasteiger partial charge in [0.2, 0.25) is 5.91 Å². The second kappa shape index (κ2) is 9.69. The lowest BCUT2D eigenvalue weighted by Crippen LogP contribution is -2.58. The Labute approximate surface area is 195 Å². The van der Waals surface area contributed by atoms with Crippen LogP contribution in [0.5, 0.6) is 0 Å². The maximum Gasteiger partial charge on any atom is 0.303 e. The van der Waals surface area contributed by atoms with Gasteiger partial charge in [0.05, 0.1) is 0 Å². The van der Waals surface area contributed by atoms with Gasteiger partial charge in [-0.3, -0.25) is 14.4 Å². The third kappa shape index (κ3) is 4.99. The van der Waals surface area contributed by atoms with E-state index >= 15 is 0 Å². The SMILES string of the molecule is CC(=O)O[C@H](CC1CCCCC1)C(=O)N1CCC[C@@H]2C[C@@]21C(=O)NCc1ccc(N)nc1C. The standard InChI is InChI=1S/C25H36N4O4/c1-16-19(10-11-22(26)28-16)15-27-24(32)25-14-20(25)9-6-12-29(25)23(31)21(33-17(2)30)13-18-7-4-3-5-8-18/h10-11,18,20-21H,3-9,12-15H2,1-2H3,(H2,26,28)(H,27,32)/t20-,21-,25+/m1/s1. The van der Waals surface area contributed by atoms with Crippen LogP contribution in [0.4, 0.5) is 5.82 Å². The predicted octanol–water partition coefficient (Wildman–Crippen LogP) is 2.87. The largest absolute Gasteiger partial charge is 0.452 e. The number of aromatic nitrogens is 1. The number of nitrogens with zero attached hydrogens (tertiary/aromatic N) is 2. The fourth-order valence-electron chi connectivity index (χ4n) is 5.81. The van der Waals surface area contributed by atoms with E-state index in [9.17, 15) is 14.4 Å². The molecule has 0 spiro atoms. The topological polar surface area (TPSA) is 115 Å². The quantitative estimate of drug-likeness (QED) is 0.610. The average Bonchev–Trinajstić information content (AvgIpc) is 3.54. The smallest absolute Gasteiger partial charge is 0.303 e. The van der Waals surface area contributed by atoms with E-state index < -0.39 is 17.6 Å².